The van der Waals surface area contributed by atoms with Gasteiger partial charge < -0.3 is 5.11 Å². The first-order chi connectivity index (χ1) is 11.2. The lowest BCUT2D eigenvalue weighted by molar-refractivity contribution is -0.0310. The fourth-order valence-corrected chi connectivity index (χ4v) is 4.92. The Morgan fingerprint density at radius 1 is 1.30 bits per heavy atom. The number of nitrogens with zero attached hydrogens (tertiary/aromatic N) is 2. The number of halogens is 1. The Labute approximate surface area is 147 Å². The van der Waals surface area contributed by atoms with Crippen LogP contribution in [0.4, 0.5) is 0 Å². The third-order valence-corrected chi connectivity index (χ3v) is 6.71. The maximum atomic E-state index is 10.8. The summed E-state index contributed by atoms with van der Waals surface area (Å²) in [7, 11) is 0. The Bertz CT molecular complexity index is 806. The number of thiophene rings is 1. The van der Waals surface area contributed by atoms with Gasteiger partial charge in [-0.2, -0.15) is 5.10 Å². The molecule has 3 heterocycles. The highest BCUT2D eigenvalue weighted by Gasteiger charge is 2.35. The van der Waals surface area contributed by atoms with Crippen molar-refractivity contribution in [3.8, 4) is 0 Å². The van der Waals surface area contributed by atoms with Gasteiger partial charge in [-0.25, -0.2) is 0 Å². The van der Waals surface area contributed by atoms with Gasteiger partial charge in [0.05, 0.1) is 5.69 Å². The summed E-state index contributed by atoms with van der Waals surface area (Å²) < 4.78 is 2.48. The second-order valence-electron chi connectivity index (χ2n) is 6.16. The average Bonchev–Trinajstić information content (AvgIpc) is 3.21. The number of aromatic amines is 1. The van der Waals surface area contributed by atoms with Crippen LogP contribution >= 0.6 is 27.3 Å². The van der Waals surface area contributed by atoms with E-state index in [1.165, 1.54) is 20.1 Å². The summed E-state index contributed by atoms with van der Waals surface area (Å²) in [5.74, 6) is 0. The predicted molar refractivity (Wildman–Crippen MR) is 96.5 cm³/mol. The monoisotopic (exact) mass is 391 g/mol. The molecule has 0 unspecified atom stereocenters. The molecular formula is C17H18BrN3OS. The van der Waals surface area contributed by atoms with Crippen molar-refractivity contribution in [1.82, 2.24) is 15.1 Å². The fraction of sp³-hybridized carbons (Fsp3) is 0.353. The molecule has 120 valence electrons. The van der Waals surface area contributed by atoms with E-state index in [1.807, 2.05) is 6.07 Å². The second-order valence-corrected chi connectivity index (χ2v) is 7.89. The highest BCUT2D eigenvalue weighted by molar-refractivity contribution is 9.10. The van der Waals surface area contributed by atoms with Gasteiger partial charge in [0.15, 0.2) is 0 Å². The number of hydrogen-bond donors (Lipinski definition) is 2. The van der Waals surface area contributed by atoms with Crippen LogP contribution in [0.15, 0.2) is 40.3 Å². The molecule has 4 rings (SSSR count). The molecule has 1 aliphatic heterocycles. The molecule has 1 aliphatic rings. The van der Waals surface area contributed by atoms with E-state index in [9.17, 15) is 5.11 Å². The quantitative estimate of drug-likeness (QED) is 0.712. The van der Waals surface area contributed by atoms with Crippen LogP contribution in [0.1, 0.15) is 24.1 Å². The van der Waals surface area contributed by atoms with E-state index < -0.39 is 5.60 Å². The summed E-state index contributed by atoms with van der Waals surface area (Å²) >= 11 is 5.42. The van der Waals surface area contributed by atoms with Gasteiger partial charge in [0.2, 0.25) is 0 Å². The third kappa shape index (κ3) is 2.85. The van der Waals surface area contributed by atoms with Crippen molar-refractivity contribution in [3.05, 3.63) is 51.6 Å². The first kappa shape index (κ1) is 15.3. The van der Waals surface area contributed by atoms with Crippen LogP contribution in [0.2, 0.25) is 0 Å². The SMILES string of the molecule is OC1(c2ccn[nH]2)CCN(Cc2csc3c(Br)cccc23)CC1. The van der Waals surface area contributed by atoms with Gasteiger partial charge in [-0.3, -0.25) is 10.00 Å². The van der Waals surface area contributed by atoms with Gasteiger partial charge in [-0.05, 0) is 57.2 Å². The molecule has 0 radical (unpaired) electrons. The van der Waals surface area contributed by atoms with Crippen molar-refractivity contribution in [2.75, 3.05) is 13.1 Å². The number of likely N-dealkylation sites (tertiary alicyclic amines) is 1. The highest BCUT2D eigenvalue weighted by Crippen LogP contribution is 2.35. The first-order valence-electron chi connectivity index (χ1n) is 7.75. The summed E-state index contributed by atoms with van der Waals surface area (Å²) in [6, 6.07) is 8.25. The van der Waals surface area contributed by atoms with Gasteiger partial charge in [0, 0.05) is 35.0 Å². The van der Waals surface area contributed by atoms with E-state index in [-0.39, 0.29) is 0 Å². The minimum atomic E-state index is -0.757. The zero-order valence-electron chi connectivity index (χ0n) is 12.6. The number of aromatic nitrogens is 2. The molecule has 1 saturated heterocycles. The Kier molecular flexibility index (Phi) is 4.01. The molecule has 2 N–H and O–H groups in total. The number of nitrogens with one attached hydrogen (secondary N) is 1. The van der Waals surface area contributed by atoms with E-state index in [4.69, 9.17) is 0 Å². The molecule has 0 aliphatic carbocycles. The molecule has 0 saturated carbocycles. The topological polar surface area (TPSA) is 52.2 Å². The number of piperidine rings is 1. The van der Waals surface area contributed by atoms with E-state index in [1.54, 1.807) is 17.5 Å². The number of hydrogen-bond acceptors (Lipinski definition) is 4. The van der Waals surface area contributed by atoms with E-state index in [0.29, 0.717) is 0 Å². The number of rotatable bonds is 3. The highest BCUT2D eigenvalue weighted by atomic mass is 79.9. The normalized spacial score (nSPS) is 18.5. The summed E-state index contributed by atoms with van der Waals surface area (Å²) in [5.41, 5.74) is 1.45. The lowest BCUT2D eigenvalue weighted by Gasteiger charge is -2.37. The number of H-pyrrole nitrogens is 1. The van der Waals surface area contributed by atoms with Crippen molar-refractivity contribution in [2.45, 2.75) is 25.0 Å². The predicted octanol–water partition coefficient (Wildman–Crippen LogP) is 3.87. The molecule has 0 spiro atoms. The Morgan fingerprint density at radius 2 is 2.13 bits per heavy atom. The van der Waals surface area contributed by atoms with Gasteiger partial charge in [0.1, 0.15) is 5.60 Å². The molecule has 0 bridgehead atoms. The molecule has 23 heavy (non-hydrogen) atoms. The number of fused-ring (bicyclic) bond motifs is 1. The zero-order valence-corrected chi connectivity index (χ0v) is 15.0. The summed E-state index contributed by atoms with van der Waals surface area (Å²) in [5, 5.41) is 21.2. The number of benzene rings is 1. The van der Waals surface area contributed by atoms with Crippen LogP contribution in [0.25, 0.3) is 10.1 Å². The Morgan fingerprint density at radius 3 is 2.87 bits per heavy atom. The summed E-state index contributed by atoms with van der Waals surface area (Å²) in [6.45, 7) is 2.72. The summed E-state index contributed by atoms with van der Waals surface area (Å²) in [4.78, 5) is 2.42. The van der Waals surface area contributed by atoms with Crippen molar-refractivity contribution >= 4 is 37.4 Å². The largest absolute Gasteiger partial charge is 0.383 e. The molecule has 1 fully saturated rings. The summed E-state index contributed by atoms with van der Waals surface area (Å²) in [6.07, 6.45) is 3.18. The van der Waals surface area contributed by atoms with Crippen molar-refractivity contribution in [3.63, 3.8) is 0 Å². The van der Waals surface area contributed by atoms with E-state index in [2.05, 4.69) is 54.6 Å². The zero-order chi connectivity index (χ0) is 15.9. The van der Waals surface area contributed by atoms with Gasteiger partial charge in [-0.1, -0.05) is 12.1 Å². The minimum Gasteiger partial charge on any atom is -0.383 e. The lowest BCUT2D eigenvalue weighted by atomic mass is 9.88. The molecule has 1 aromatic carbocycles. The third-order valence-electron chi connectivity index (χ3n) is 4.71. The molecule has 0 atom stereocenters. The first-order valence-corrected chi connectivity index (χ1v) is 9.42. The van der Waals surface area contributed by atoms with Gasteiger partial charge in [0.25, 0.3) is 0 Å². The molecular weight excluding hydrogens is 374 g/mol. The van der Waals surface area contributed by atoms with E-state index in [0.717, 1.165) is 38.2 Å². The van der Waals surface area contributed by atoms with Crippen LogP contribution in [0, 0.1) is 0 Å². The Hall–Kier alpha value is -1.21. The average molecular weight is 392 g/mol. The smallest absolute Gasteiger partial charge is 0.108 e. The van der Waals surface area contributed by atoms with Gasteiger partial charge >= 0.3 is 0 Å². The fourth-order valence-electron chi connectivity index (χ4n) is 3.30. The Balaban J connectivity index is 1.48. The molecule has 3 aromatic rings. The maximum absolute atomic E-state index is 10.8. The van der Waals surface area contributed by atoms with Crippen LogP contribution in [-0.2, 0) is 12.1 Å². The van der Waals surface area contributed by atoms with Crippen LogP contribution in [-0.4, -0.2) is 33.3 Å². The lowest BCUT2D eigenvalue weighted by Crippen LogP contribution is -2.42. The van der Waals surface area contributed by atoms with Crippen molar-refractivity contribution in [2.24, 2.45) is 0 Å². The van der Waals surface area contributed by atoms with Gasteiger partial charge in [-0.15, -0.1) is 11.3 Å². The second kappa shape index (κ2) is 6.02. The van der Waals surface area contributed by atoms with Crippen molar-refractivity contribution < 1.29 is 5.11 Å². The molecule has 0 amide bonds. The molecule has 6 heteroatoms. The maximum Gasteiger partial charge on any atom is 0.108 e. The van der Waals surface area contributed by atoms with Crippen LogP contribution < -0.4 is 0 Å². The van der Waals surface area contributed by atoms with Crippen LogP contribution in [0.5, 0.6) is 0 Å². The molecule has 4 nitrogen and oxygen atoms in total. The van der Waals surface area contributed by atoms with Crippen LogP contribution in [0.3, 0.4) is 0 Å². The van der Waals surface area contributed by atoms with E-state index >= 15 is 0 Å². The minimum absolute atomic E-state index is 0.737. The standard InChI is InChI=1S/C17H18BrN3OS/c18-14-3-1-2-13-12(11-23-16(13)14)10-21-8-5-17(22,6-9-21)15-4-7-19-20-15/h1-4,7,11,22H,5-6,8-10H2,(H,19,20). The molecule has 2 aromatic heterocycles. The van der Waals surface area contributed by atoms with Crippen molar-refractivity contribution in [1.29, 1.82) is 0 Å². The number of aliphatic hydroxyl groups is 1.